The Labute approximate surface area is 107 Å². The van der Waals surface area contributed by atoms with E-state index in [1.165, 1.54) is 5.56 Å². The molecule has 0 bridgehead atoms. The van der Waals surface area contributed by atoms with Crippen LogP contribution in [0.4, 0.5) is 0 Å². The zero-order valence-electron chi connectivity index (χ0n) is 10.6. The van der Waals surface area contributed by atoms with Crippen LogP contribution < -0.4 is 4.74 Å². The number of ether oxygens (including phenoxy) is 1. The Morgan fingerprint density at radius 1 is 1.44 bits per heavy atom. The van der Waals surface area contributed by atoms with Crippen molar-refractivity contribution < 1.29 is 14.6 Å². The van der Waals surface area contributed by atoms with Gasteiger partial charge in [0.05, 0.1) is 13.5 Å². The summed E-state index contributed by atoms with van der Waals surface area (Å²) < 4.78 is 5.14. The Balaban J connectivity index is 1.89. The normalized spacial score (nSPS) is 19.9. The van der Waals surface area contributed by atoms with Crippen LogP contribution in [0.1, 0.15) is 24.3 Å². The molecule has 0 saturated carbocycles. The number of methoxy groups -OCH3 is 1. The van der Waals surface area contributed by atoms with Gasteiger partial charge in [0.15, 0.2) is 0 Å². The second-order valence-electron chi connectivity index (χ2n) is 4.70. The van der Waals surface area contributed by atoms with Gasteiger partial charge in [-0.2, -0.15) is 0 Å². The smallest absolute Gasteiger partial charge is 0.304 e. The van der Waals surface area contributed by atoms with Gasteiger partial charge in [-0.15, -0.1) is 0 Å². The molecule has 0 aliphatic carbocycles. The topological polar surface area (TPSA) is 49.8 Å². The molecule has 1 fully saturated rings. The lowest BCUT2D eigenvalue weighted by Crippen LogP contribution is -2.23. The van der Waals surface area contributed by atoms with Crippen LogP contribution in [0.25, 0.3) is 0 Å². The van der Waals surface area contributed by atoms with Crippen LogP contribution >= 0.6 is 0 Å². The molecule has 18 heavy (non-hydrogen) atoms. The number of likely N-dealkylation sites (tertiary alicyclic amines) is 1. The summed E-state index contributed by atoms with van der Waals surface area (Å²) in [5, 5.41) is 8.67. The fourth-order valence-electron chi connectivity index (χ4n) is 2.44. The predicted octanol–water partition coefficient (Wildman–Crippen LogP) is 1.96. The lowest BCUT2D eigenvalue weighted by atomic mass is 9.98. The molecule has 0 spiro atoms. The van der Waals surface area contributed by atoms with Gasteiger partial charge in [0.1, 0.15) is 5.75 Å². The van der Waals surface area contributed by atoms with E-state index in [0.29, 0.717) is 12.5 Å². The Morgan fingerprint density at radius 3 is 2.78 bits per heavy atom. The molecule has 1 aromatic carbocycles. The minimum atomic E-state index is -0.720. The lowest BCUT2D eigenvalue weighted by Gasteiger charge is -2.15. The van der Waals surface area contributed by atoms with Gasteiger partial charge in [-0.25, -0.2) is 0 Å². The average molecular weight is 249 g/mol. The van der Waals surface area contributed by atoms with Crippen molar-refractivity contribution in [2.45, 2.75) is 18.8 Å². The van der Waals surface area contributed by atoms with E-state index in [4.69, 9.17) is 9.84 Å². The third-order valence-electron chi connectivity index (χ3n) is 3.50. The van der Waals surface area contributed by atoms with Gasteiger partial charge < -0.3 is 14.7 Å². The molecule has 4 nitrogen and oxygen atoms in total. The number of hydrogen-bond donors (Lipinski definition) is 1. The van der Waals surface area contributed by atoms with Crippen molar-refractivity contribution in [1.82, 2.24) is 4.90 Å². The minimum absolute atomic E-state index is 0.231. The number of carboxylic acid groups (broad SMARTS) is 1. The van der Waals surface area contributed by atoms with Crippen LogP contribution in [0, 0.1) is 0 Å². The Kier molecular flexibility index (Phi) is 4.20. The number of carbonyl (C=O) groups is 1. The molecule has 1 saturated heterocycles. The molecule has 1 atom stereocenters. The van der Waals surface area contributed by atoms with E-state index in [1.807, 2.05) is 12.1 Å². The Morgan fingerprint density at radius 2 is 2.17 bits per heavy atom. The molecule has 1 aromatic rings. The zero-order valence-corrected chi connectivity index (χ0v) is 10.6. The van der Waals surface area contributed by atoms with Crippen LogP contribution in [0.5, 0.6) is 5.75 Å². The van der Waals surface area contributed by atoms with Crippen molar-refractivity contribution in [3.8, 4) is 5.75 Å². The number of benzene rings is 1. The van der Waals surface area contributed by atoms with Crippen molar-refractivity contribution in [2.75, 3.05) is 26.7 Å². The van der Waals surface area contributed by atoms with Crippen LogP contribution in [-0.4, -0.2) is 42.7 Å². The van der Waals surface area contributed by atoms with Gasteiger partial charge in [0.2, 0.25) is 0 Å². The molecular weight excluding hydrogens is 230 g/mol. The summed E-state index contributed by atoms with van der Waals surface area (Å²) in [5.41, 5.74) is 1.31. The standard InChI is InChI=1S/C14H19NO3/c1-18-13-4-2-11(3-5-13)12-6-8-15(10-12)9-7-14(16)17/h2-5,12H,6-10H2,1H3,(H,16,17)/t12-/m1/s1. The van der Waals surface area contributed by atoms with Crippen molar-refractivity contribution in [3.05, 3.63) is 29.8 Å². The zero-order chi connectivity index (χ0) is 13.0. The summed E-state index contributed by atoms with van der Waals surface area (Å²) in [5.74, 6) is 0.673. The summed E-state index contributed by atoms with van der Waals surface area (Å²) >= 11 is 0. The lowest BCUT2D eigenvalue weighted by molar-refractivity contribution is -0.137. The van der Waals surface area contributed by atoms with Crippen LogP contribution in [0.3, 0.4) is 0 Å². The number of nitrogens with zero attached hydrogens (tertiary/aromatic N) is 1. The van der Waals surface area contributed by atoms with E-state index < -0.39 is 5.97 Å². The fourth-order valence-corrected chi connectivity index (χ4v) is 2.44. The third kappa shape index (κ3) is 3.23. The summed E-state index contributed by atoms with van der Waals surface area (Å²) in [6, 6.07) is 8.17. The summed E-state index contributed by atoms with van der Waals surface area (Å²) in [6.07, 6.45) is 1.33. The maximum absolute atomic E-state index is 10.5. The van der Waals surface area contributed by atoms with Crippen LogP contribution in [0.15, 0.2) is 24.3 Å². The highest BCUT2D eigenvalue weighted by Gasteiger charge is 2.23. The number of rotatable bonds is 5. The first-order valence-corrected chi connectivity index (χ1v) is 6.27. The first-order chi connectivity index (χ1) is 8.69. The largest absolute Gasteiger partial charge is 0.497 e. The second kappa shape index (κ2) is 5.87. The van der Waals surface area contributed by atoms with Crippen LogP contribution in [0.2, 0.25) is 0 Å². The minimum Gasteiger partial charge on any atom is -0.497 e. The molecule has 1 heterocycles. The molecule has 98 valence electrons. The van der Waals surface area contributed by atoms with Gasteiger partial charge in [-0.1, -0.05) is 12.1 Å². The van der Waals surface area contributed by atoms with E-state index in [9.17, 15) is 4.79 Å². The fraction of sp³-hybridized carbons (Fsp3) is 0.500. The molecule has 1 aliphatic heterocycles. The molecule has 2 rings (SSSR count). The molecule has 0 amide bonds. The second-order valence-corrected chi connectivity index (χ2v) is 4.70. The third-order valence-corrected chi connectivity index (χ3v) is 3.50. The number of aliphatic carboxylic acids is 1. The first kappa shape index (κ1) is 12.9. The van der Waals surface area contributed by atoms with E-state index in [1.54, 1.807) is 7.11 Å². The summed E-state index contributed by atoms with van der Waals surface area (Å²) in [6.45, 7) is 2.60. The first-order valence-electron chi connectivity index (χ1n) is 6.27. The highest BCUT2D eigenvalue weighted by molar-refractivity contribution is 5.66. The molecule has 1 aliphatic rings. The monoisotopic (exact) mass is 249 g/mol. The molecule has 0 unspecified atom stereocenters. The van der Waals surface area contributed by atoms with E-state index in [0.717, 1.165) is 25.3 Å². The van der Waals surface area contributed by atoms with E-state index >= 15 is 0 Å². The van der Waals surface area contributed by atoms with Gasteiger partial charge >= 0.3 is 5.97 Å². The maximum Gasteiger partial charge on any atom is 0.304 e. The maximum atomic E-state index is 10.5. The average Bonchev–Trinajstić information content (AvgIpc) is 2.85. The molecule has 1 N–H and O–H groups in total. The van der Waals surface area contributed by atoms with E-state index in [2.05, 4.69) is 17.0 Å². The van der Waals surface area contributed by atoms with Gasteiger partial charge in [-0.05, 0) is 36.6 Å². The summed E-state index contributed by atoms with van der Waals surface area (Å²) in [4.78, 5) is 12.8. The van der Waals surface area contributed by atoms with Gasteiger partial charge in [0.25, 0.3) is 0 Å². The Hall–Kier alpha value is -1.55. The van der Waals surface area contributed by atoms with Gasteiger partial charge in [0, 0.05) is 13.1 Å². The highest BCUT2D eigenvalue weighted by Crippen LogP contribution is 2.28. The number of carboxylic acids is 1. The van der Waals surface area contributed by atoms with Crippen molar-refractivity contribution in [3.63, 3.8) is 0 Å². The van der Waals surface area contributed by atoms with E-state index in [-0.39, 0.29) is 6.42 Å². The highest BCUT2D eigenvalue weighted by atomic mass is 16.5. The molecule has 4 heteroatoms. The number of hydrogen-bond acceptors (Lipinski definition) is 3. The molecular formula is C14H19NO3. The van der Waals surface area contributed by atoms with Crippen molar-refractivity contribution in [2.24, 2.45) is 0 Å². The van der Waals surface area contributed by atoms with Crippen molar-refractivity contribution in [1.29, 1.82) is 0 Å². The van der Waals surface area contributed by atoms with Crippen LogP contribution in [-0.2, 0) is 4.79 Å². The quantitative estimate of drug-likeness (QED) is 0.866. The summed E-state index contributed by atoms with van der Waals surface area (Å²) in [7, 11) is 1.66. The molecule has 0 radical (unpaired) electrons. The Bertz CT molecular complexity index is 402. The SMILES string of the molecule is COc1ccc([C@@H]2CCN(CCC(=O)O)C2)cc1. The van der Waals surface area contributed by atoms with Gasteiger partial charge in [-0.3, -0.25) is 4.79 Å². The van der Waals surface area contributed by atoms with Crippen molar-refractivity contribution >= 4 is 5.97 Å². The molecule has 0 aromatic heterocycles. The predicted molar refractivity (Wildman–Crippen MR) is 69.0 cm³/mol.